The predicted molar refractivity (Wildman–Crippen MR) is 122 cm³/mol. The van der Waals surface area contributed by atoms with Crippen molar-refractivity contribution >= 4 is 5.97 Å². The maximum absolute atomic E-state index is 12.7. The van der Waals surface area contributed by atoms with Crippen molar-refractivity contribution in [2.24, 2.45) is 5.41 Å². The molecule has 0 saturated heterocycles. The zero-order valence-corrected chi connectivity index (χ0v) is 19.1. The second-order valence-corrected chi connectivity index (χ2v) is 8.34. The van der Waals surface area contributed by atoms with Crippen molar-refractivity contribution in [3.05, 3.63) is 61.2 Å². The van der Waals surface area contributed by atoms with Crippen LogP contribution < -0.4 is 9.47 Å². The first-order chi connectivity index (χ1) is 17.0. The number of imidazole rings is 1. The van der Waals surface area contributed by atoms with Crippen molar-refractivity contribution in [3.8, 4) is 45.7 Å². The number of nitrogens with one attached hydrogen (secondary N) is 1. The molecule has 36 heavy (non-hydrogen) atoms. The largest absolute Gasteiger partial charge is 0.573 e. The fraction of sp³-hybridized carbons (Fsp3) is 0.208. The molecule has 0 saturated carbocycles. The van der Waals surface area contributed by atoms with E-state index in [0.717, 1.165) is 0 Å². The van der Waals surface area contributed by atoms with Gasteiger partial charge in [-0.15, -0.1) is 13.2 Å². The van der Waals surface area contributed by atoms with Gasteiger partial charge in [-0.2, -0.15) is 0 Å². The van der Waals surface area contributed by atoms with Gasteiger partial charge >= 0.3 is 12.3 Å². The normalized spacial score (nSPS) is 11.8. The molecule has 0 aliphatic carbocycles. The van der Waals surface area contributed by atoms with Crippen molar-refractivity contribution in [1.29, 1.82) is 0 Å². The minimum absolute atomic E-state index is 0.0649. The van der Waals surface area contributed by atoms with Crippen LogP contribution in [0.1, 0.15) is 13.8 Å². The highest BCUT2D eigenvalue weighted by Crippen LogP contribution is 2.33. The molecule has 0 aliphatic heterocycles. The summed E-state index contributed by atoms with van der Waals surface area (Å²) in [6, 6.07) is 9.17. The van der Waals surface area contributed by atoms with Crippen molar-refractivity contribution in [2.75, 3.05) is 6.61 Å². The van der Waals surface area contributed by atoms with E-state index in [1.165, 1.54) is 36.8 Å². The number of carboxylic acid groups (broad SMARTS) is 1. The van der Waals surface area contributed by atoms with Gasteiger partial charge < -0.3 is 19.6 Å². The monoisotopic (exact) mass is 499 g/mol. The molecule has 0 unspecified atom stereocenters. The molecule has 0 spiro atoms. The summed E-state index contributed by atoms with van der Waals surface area (Å²) in [5, 5.41) is 9.15. The Morgan fingerprint density at radius 3 is 2.33 bits per heavy atom. The lowest BCUT2D eigenvalue weighted by Gasteiger charge is -2.18. The highest BCUT2D eigenvalue weighted by molar-refractivity contribution is 5.73. The number of nitrogens with zero attached hydrogens (tertiary/aromatic N) is 4. The van der Waals surface area contributed by atoms with Crippen molar-refractivity contribution in [3.63, 3.8) is 0 Å². The number of pyridine rings is 1. The first-order valence-electron chi connectivity index (χ1n) is 10.6. The summed E-state index contributed by atoms with van der Waals surface area (Å²) in [6.45, 7) is 3.02. The summed E-state index contributed by atoms with van der Waals surface area (Å²) in [6.07, 6.45) is 0.997. The fourth-order valence-electron chi connectivity index (χ4n) is 3.03. The minimum Gasteiger partial charge on any atom is -0.481 e. The summed E-state index contributed by atoms with van der Waals surface area (Å²) in [4.78, 5) is 31.1. The lowest BCUT2D eigenvalue weighted by atomic mass is 9.95. The maximum atomic E-state index is 12.7. The predicted octanol–water partition coefficient (Wildman–Crippen LogP) is 4.98. The molecule has 0 radical (unpaired) electrons. The summed E-state index contributed by atoms with van der Waals surface area (Å²) < 4.78 is 47.7. The lowest BCUT2D eigenvalue weighted by molar-refractivity contribution is -0.274. The Morgan fingerprint density at radius 2 is 1.69 bits per heavy atom. The van der Waals surface area contributed by atoms with Crippen LogP contribution in [0.4, 0.5) is 13.2 Å². The van der Waals surface area contributed by atoms with Gasteiger partial charge in [-0.3, -0.25) is 9.78 Å². The average Bonchev–Trinajstić information content (AvgIpc) is 3.33. The van der Waals surface area contributed by atoms with Crippen LogP contribution >= 0.6 is 0 Å². The molecule has 2 N–H and O–H groups in total. The number of hydrogen-bond acceptors (Lipinski definition) is 7. The number of benzene rings is 1. The molecule has 3 aromatic heterocycles. The highest BCUT2D eigenvalue weighted by atomic mass is 19.4. The molecule has 4 aromatic rings. The number of aromatic amines is 1. The Labute approximate surface area is 203 Å². The van der Waals surface area contributed by atoms with E-state index >= 15 is 0 Å². The average molecular weight is 499 g/mol. The number of H-pyrrole nitrogens is 1. The molecule has 0 atom stereocenters. The molecule has 4 rings (SSSR count). The van der Waals surface area contributed by atoms with Crippen LogP contribution in [0.3, 0.4) is 0 Å². The van der Waals surface area contributed by atoms with E-state index in [1.54, 1.807) is 38.2 Å². The maximum Gasteiger partial charge on any atom is 0.573 e. The van der Waals surface area contributed by atoms with Gasteiger partial charge in [0.25, 0.3) is 0 Å². The highest BCUT2D eigenvalue weighted by Gasteiger charge is 2.32. The van der Waals surface area contributed by atoms with Gasteiger partial charge in [-0.05, 0) is 38.1 Å². The Kier molecular flexibility index (Phi) is 6.60. The number of aromatic nitrogens is 5. The molecule has 0 amide bonds. The van der Waals surface area contributed by atoms with Gasteiger partial charge in [0.2, 0.25) is 5.88 Å². The number of aliphatic carboxylic acids is 1. The summed E-state index contributed by atoms with van der Waals surface area (Å²) in [5.74, 6) is -0.786. The van der Waals surface area contributed by atoms with Crippen LogP contribution in [0.2, 0.25) is 0 Å². The van der Waals surface area contributed by atoms with E-state index in [1.807, 2.05) is 0 Å². The van der Waals surface area contributed by atoms with Crippen LogP contribution in [0, 0.1) is 5.41 Å². The standard InChI is InChI=1S/C24H20F3N5O4/c1-23(2,22(33)34)13-35-20-12-29-17(10-30-20)14-7-8-16(28-9-14)21-31-11-18(32-21)15-5-3-4-6-19(15)36-24(25,26)27/h3-12H,13H2,1-2H3,(H,31,32)(H,33,34). The molecule has 1 aromatic carbocycles. The molecule has 12 heteroatoms. The van der Waals surface area contributed by atoms with E-state index in [0.29, 0.717) is 28.5 Å². The Bertz CT molecular complexity index is 1350. The fourth-order valence-corrected chi connectivity index (χ4v) is 3.03. The van der Waals surface area contributed by atoms with E-state index in [2.05, 4.69) is 29.7 Å². The van der Waals surface area contributed by atoms with Gasteiger partial charge in [-0.1, -0.05) is 12.1 Å². The first-order valence-corrected chi connectivity index (χ1v) is 10.6. The second kappa shape index (κ2) is 9.64. The third-order valence-corrected chi connectivity index (χ3v) is 5.07. The van der Waals surface area contributed by atoms with Gasteiger partial charge in [0.15, 0.2) is 5.82 Å². The van der Waals surface area contributed by atoms with E-state index < -0.39 is 17.7 Å². The molecular weight excluding hydrogens is 479 g/mol. The Balaban J connectivity index is 1.47. The number of para-hydroxylation sites is 1. The van der Waals surface area contributed by atoms with E-state index in [4.69, 9.17) is 9.84 Å². The molecule has 3 heterocycles. The minimum atomic E-state index is -4.82. The molecule has 9 nitrogen and oxygen atoms in total. The number of hydrogen-bond donors (Lipinski definition) is 2. The van der Waals surface area contributed by atoms with Gasteiger partial charge in [0.1, 0.15) is 18.1 Å². The number of carbonyl (C=O) groups is 1. The topological polar surface area (TPSA) is 123 Å². The molecule has 0 aliphatic rings. The number of halogens is 3. The van der Waals surface area contributed by atoms with Crippen LogP contribution in [-0.2, 0) is 4.79 Å². The first kappa shape index (κ1) is 24.6. The third-order valence-electron chi connectivity index (χ3n) is 5.07. The zero-order chi connectivity index (χ0) is 25.9. The number of carboxylic acids is 1. The molecular formula is C24H20F3N5O4. The van der Waals surface area contributed by atoms with Gasteiger partial charge in [0.05, 0.1) is 35.4 Å². The Morgan fingerprint density at radius 1 is 0.944 bits per heavy atom. The quantitative estimate of drug-likeness (QED) is 0.348. The van der Waals surface area contributed by atoms with Crippen LogP contribution in [0.15, 0.2) is 61.2 Å². The van der Waals surface area contributed by atoms with E-state index in [-0.39, 0.29) is 23.8 Å². The molecule has 186 valence electrons. The van der Waals surface area contributed by atoms with Gasteiger partial charge in [0, 0.05) is 17.3 Å². The summed E-state index contributed by atoms with van der Waals surface area (Å²) >= 11 is 0. The molecule has 0 fully saturated rings. The number of ether oxygens (including phenoxy) is 2. The van der Waals surface area contributed by atoms with Crippen LogP contribution in [0.25, 0.3) is 34.0 Å². The van der Waals surface area contributed by atoms with Crippen molar-refractivity contribution < 1.29 is 32.5 Å². The SMILES string of the molecule is CC(C)(COc1cnc(-c2ccc(-c3ncc(-c4ccccc4OC(F)(F)F)[nH]3)nc2)cn1)C(=O)O. The number of alkyl halides is 3. The second-order valence-electron chi connectivity index (χ2n) is 8.34. The lowest BCUT2D eigenvalue weighted by Crippen LogP contribution is -2.30. The van der Waals surface area contributed by atoms with E-state index in [9.17, 15) is 18.0 Å². The summed E-state index contributed by atoms with van der Waals surface area (Å²) in [7, 11) is 0. The number of rotatable bonds is 8. The van der Waals surface area contributed by atoms with Crippen molar-refractivity contribution in [2.45, 2.75) is 20.2 Å². The Hall–Kier alpha value is -4.48. The van der Waals surface area contributed by atoms with Crippen LogP contribution in [-0.4, -0.2) is 49.0 Å². The summed E-state index contributed by atoms with van der Waals surface area (Å²) in [5.41, 5.74) is 1.09. The zero-order valence-electron chi connectivity index (χ0n) is 19.1. The van der Waals surface area contributed by atoms with Crippen molar-refractivity contribution in [1.82, 2.24) is 24.9 Å². The van der Waals surface area contributed by atoms with Crippen LogP contribution in [0.5, 0.6) is 11.6 Å². The third kappa shape index (κ3) is 5.77. The molecule has 0 bridgehead atoms. The van der Waals surface area contributed by atoms with Gasteiger partial charge in [-0.25, -0.2) is 15.0 Å². The smallest absolute Gasteiger partial charge is 0.481 e.